The molecule has 0 spiro atoms. The second-order valence-electron chi connectivity index (χ2n) is 4.00. The summed E-state index contributed by atoms with van der Waals surface area (Å²) in [6.07, 6.45) is 4.51. The zero-order chi connectivity index (χ0) is 12.1. The summed E-state index contributed by atoms with van der Waals surface area (Å²) in [5, 5.41) is 9.03. The van der Waals surface area contributed by atoms with Gasteiger partial charge in [-0.05, 0) is 12.8 Å². The molecule has 2 N–H and O–H groups in total. The maximum Gasteiger partial charge on any atom is 0.336 e. The Balaban J connectivity index is 1.90. The van der Waals surface area contributed by atoms with Crippen molar-refractivity contribution in [3.8, 4) is 6.01 Å². The van der Waals surface area contributed by atoms with Gasteiger partial charge in [0, 0.05) is 13.1 Å². The van der Waals surface area contributed by atoms with Crippen LogP contribution in [-0.4, -0.2) is 46.3 Å². The number of carbonyl (C=O) groups is 1. The Morgan fingerprint density at radius 1 is 1.35 bits per heavy atom. The van der Waals surface area contributed by atoms with Gasteiger partial charge in [0.2, 0.25) is 5.95 Å². The van der Waals surface area contributed by atoms with Gasteiger partial charge in [-0.25, -0.2) is 9.89 Å². The van der Waals surface area contributed by atoms with E-state index in [-0.39, 0.29) is 12.0 Å². The first kappa shape index (κ1) is 11.7. The van der Waals surface area contributed by atoms with Crippen molar-refractivity contribution < 1.29 is 9.53 Å². The molecule has 0 atom stereocenters. The quantitative estimate of drug-likeness (QED) is 0.812. The summed E-state index contributed by atoms with van der Waals surface area (Å²) in [6, 6.07) is 0.0851. The second kappa shape index (κ2) is 5.51. The van der Waals surface area contributed by atoms with Crippen LogP contribution in [0.25, 0.3) is 0 Å². The lowest BCUT2D eigenvalue weighted by Gasteiger charge is -2.19. The van der Waals surface area contributed by atoms with Crippen molar-refractivity contribution in [3.63, 3.8) is 0 Å². The van der Waals surface area contributed by atoms with Crippen LogP contribution < -0.4 is 10.1 Å². The first-order chi connectivity index (χ1) is 8.29. The Morgan fingerprint density at radius 2 is 2.06 bits per heavy atom. The smallest absolute Gasteiger partial charge is 0.336 e. The highest BCUT2D eigenvalue weighted by molar-refractivity contribution is 5.87. The number of rotatable bonds is 2. The molecule has 0 radical (unpaired) electrons. The SMILES string of the molecule is COc1n[nH]c(NC(=O)N2CCCCCC2)n1. The van der Waals surface area contributed by atoms with Gasteiger partial charge in [-0.1, -0.05) is 12.8 Å². The summed E-state index contributed by atoms with van der Waals surface area (Å²) < 4.78 is 4.82. The minimum absolute atomic E-state index is 0.134. The second-order valence-corrected chi connectivity index (χ2v) is 4.00. The Bertz CT molecular complexity index is 371. The molecule has 1 aliphatic heterocycles. The largest absolute Gasteiger partial charge is 0.466 e. The molecule has 0 bridgehead atoms. The number of amides is 2. The standard InChI is InChI=1S/C10H17N5O2/c1-17-9-11-8(13-14-9)12-10(16)15-6-4-2-3-5-7-15/h2-7H2,1H3,(H2,11,12,13,14,16). The van der Waals surface area contributed by atoms with Crippen LogP contribution in [0.3, 0.4) is 0 Å². The van der Waals surface area contributed by atoms with Crippen LogP contribution in [0.4, 0.5) is 10.7 Å². The van der Waals surface area contributed by atoms with Crippen molar-refractivity contribution in [2.75, 3.05) is 25.5 Å². The van der Waals surface area contributed by atoms with Crippen molar-refractivity contribution in [3.05, 3.63) is 0 Å². The first-order valence-electron chi connectivity index (χ1n) is 5.82. The highest BCUT2D eigenvalue weighted by Crippen LogP contribution is 2.11. The van der Waals surface area contributed by atoms with Gasteiger partial charge < -0.3 is 9.64 Å². The normalized spacial score (nSPS) is 16.4. The number of likely N-dealkylation sites (tertiary alicyclic amines) is 1. The number of carbonyl (C=O) groups excluding carboxylic acids is 1. The molecule has 2 heterocycles. The number of aromatic nitrogens is 3. The molecule has 2 rings (SSSR count). The average molecular weight is 239 g/mol. The molecular formula is C10H17N5O2. The number of anilines is 1. The molecule has 1 saturated heterocycles. The van der Waals surface area contributed by atoms with E-state index in [2.05, 4.69) is 20.5 Å². The fourth-order valence-electron chi connectivity index (χ4n) is 1.85. The number of nitrogens with one attached hydrogen (secondary N) is 2. The van der Waals surface area contributed by atoms with Gasteiger partial charge in [0.25, 0.3) is 0 Å². The average Bonchev–Trinajstić information content (AvgIpc) is 2.62. The van der Waals surface area contributed by atoms with E-state index in [0.29, 0.717) is 5.95 Å². The minimum Gasteiger partial charge on any atom is -0.466 e. The van der Waals surface area contributed by atoms with Crippen LogP contribution in [0, 0.1) is 0 Å². The lowest BCUT2D eigenvalue weighted by atomic mass is 10.2. The number of urea groups is 1. The van der Waals surface area contributed by atoms with Crippen molar-refractivity contribution in [1.82, 2.24) is 20.1 Å². The third-order valence-corrected chi connectivity index (χ3v) is 2.77. The molecule has 0 saturated carbocycles. The summed E-state index contributed by atoms with van der Waals surface area (Å²) >= 11 is 0. The lowest BCUT2D eigenvalue weighted by Crippen LogP contribution is -2.35. The number of ether oxygens (including phenoxy) is 1. The molecular weight excluding hydrogens is 222 g/mol. The zero-order valence-electron chi connectivity index (χ0n) is 9.90. The number of hydrogen-bond acceptors (Lipinski definition) is 4. The van der Waals surface area contributed by atoms with Gasteiger partial charge >= 0.3 is 12.0 Å². The molecule has 7 nitrogen and oxygen atoms in total. The fraction of sp³-hybridized carbons (Fsp3) is 0.700. The maximum absolute atomic E-state index is 11.9. The van der Waals surface area contributed by atoms with E-state index in [1.807, 2.05) is 4.90 Å². The Kier molecular flexibility index (Phi) is 3.79. The Hall–Kier alpha value is -1.79. The number of methoxy groups -OCH3 is 1. The predicted octanol–water partition coefficient (Wildman–Crippen LogP) is 1.22. The lowest BCUT2D eigenvalue weighted by molar-refractivity contribution is 0.213. The third kappa shape index (κ3) is 3.08. The summed E-state index contributed by atoms with van der Waals surface area (Å²) in [5.74, 6) is 0.316. The summed E-state index contributed by atoms with van der Waals surface area (Å²) in [7, 11) is 1.48. The van der Waals surface area contributed by atoms with Crippen LogP contribution >= 0.6 is 0 Å². The molecule has 1 fully saturated rings. The number of H-pyrrole nitrogens is 1. The molecule has 17 heavy (non-hydrogen) atoms. The van der Waals surface area contributed by atoms with E-state index in [1.165, 1.54) is 20.0 Å². The first-order valence-corrected chi connectivity index (χ1v) is 5.82. The monoisotopic (exact) mass is 239 g/mol. The molecule has 1 aromatic rings. The van der Waals surface area contributed by atoms with Gasteiger partial charge in [-0.15, -0.1) is 5.10 Å². The van der Waals surface area contributed by atoms with Crippen LogP contribution in [0.1, 0.15) is 25.7 Å². The van der Waals surface area contributed by atoms with Crippen LogP contribution in [-0.2, 0) is 0 Å². The van der Waals surface area contributed by atoms with E-state index >= 15 is 0 Å². The minimum atomic E-state index is -0.134. The third-order valence-electron chi connectivity index (χ3n) is 2.77. The maximum atomic E-state index is 11.9. The molecule has 7 heteroatoms. The van der Waals surface area contributed by atoms with Gasteiger partial charge in [-0.2, -0.15) is 4.98 Å². The van der Waals surface area contributed by atoms with Crippen molar-refractivity contribution in [2.24, 2.45) is 0 Å². The van der Waals surface area contributed by atoms with Crippen LogP contribution in [0.5, 0.6) is 6.01 Å². The highest BCUT2D eigenvalue weighted by atomic mass is 16.5. The van der Waals surface area contributed by atoms with Gasteiger partial charge in [0.1, 0.15) is 0 Å². The van der Waals surface area contributed by atoms with E-state index in [9.17, 15) is 4.79 Å². The van der Waals surface area contributed by atoms with E-state index in [4.69, 9.17) is 4.74 Å². The molecule has 0 aliphatic carbocycles. The Labute approximate surface area is 99.5 Å². The number of hydrogen-bond donors (Lipinski definition) is 2. The van der Waals surface area contributed by atoms with E-state index in [1.54, 1.807) is 0 Å². The zero-order valence-corrected chi connectivity index (χ0v) is 9.90. The molecule has 1 aromatic heterocycles. The fourth-order valence-corrected chi connectivity index (χ4v) is 1.85. The highest BCUT2D eigenvalue weighted by Gasteiger charge is 2.16. The summed E-state index contributed by atoms with van der Waals surface area (Å²) in [5.41, 5.74) is 0. The molecule has 2 amide bonds. The Morgan fingerprint density at radius 3 is 2.65 bits per heavy atom. The topological polar surface area (TPSA) is 83.1 Å². The van der Waals surface area contributed by atoms with Gasteiger partial charge in [0.05, 0.1) is 7.11 Å². The van der Waals surface area contributed by atoms with Gasteiger partial charge in [-0.3, -0.25) is 5.32 Å². The van der Waals surface area contributed by atoms with E-state index in [0.717, 1.165) is 25.9 Å². The molecule has 0 unspecified atom stereocenters. The van der Waals surface area contributed by atoms with Crippen molar-refractivity contribution in [1.29, 1.82) is 0 Å². The number of aromatic amines is 1. The summed E-state index contributed by atoms with van der Waals surface area (Å²) in [4.78, 5) is 17.7. The van der Waals surface area contributed by atoms with Crippen LogP contribution in [0.2, 0.25) is 0 Å². The van der Waals surface area contributed by atoms with Crippen molar-refractivity contribution in [2.45, 2.75) is 25.7 Å². The predicted molar refractivity (Wildman–Crippen MR) is 62.0 cm³/mol. The summed E-state index contributed by atoms with van der Waals surface area (Å²) in [6.45, 7) is 1.61. The van der Waals surface area contributed by atoms with Crippen molar-refractivity contribution >= 4 is 12.0 Å². The molecule has 0 aromatic carbocycles. The molecule has 1 aliphatic rings. The number of nitrogens with zero attached hydrogens (tertiary/aromatic N) is 3. The van der Waals surface area contributed by atoms with E-state index < -0.39 is 0 Å². The van der Waals surface area contributed by atoms with Gasteiger partial charge in [0.15, 0.2) is 0 Å². The van der Waals surface area contributed by atoms with Crippen LogP contribution in [0.15, 0.2) is 0 Å². The molecule has 94 valence electrons.